The molecule has 0 aliphatic carbocycles. The summed E-state index contributed by atoms with van der Waals surface area (Å²) in [5.74, 6) is -0.0147. The maximum absolute atomic E-state index is 11.8. The molecule has 0 saturated heterocycles. The summed E-state index contributed by atoms with van der Waals surface area (Å²) in [6.45, 7) is 5.07. The van der Waals surface area contributed by atoms with Crippen LogP contribution in [0, 0.1) is 0 Å². The second-order valence-corrected chi connectivity index (χ2v) is 9.21. The Morgan fingerprint density at radius 3 is 1.91 bits per heavy atom. The number of allylic oxidation sites excluding steroid dienone is 1. The van der Waals surface area contributed by atoms with Gasteiger partial charge in [0.15, 0.2) is 0 Å². The van der Waals surface area contributed by atoms with E-state index in [9.17, 15) is 9.90 Å². The van der Waals surface area contributed by atoms with Gasteiger partial charge < -0.3 is 9.84 Å². The van der Waals surface area contributed by atoms with Crippen molar-refractivity contribution in [2.45, 2.75) is 155 Å². The number of hydrogen-bond acceptors (Lipinski definition) is 3. The van der Waals surface area contributed by atoms with E-state index < -0.39 is 0 Å². The van der Waals surface area contributed by atoms with Crippen LogP contribution in [0.4, 0.5) is 0 Å². The first-order valence-corrected chi connectivity index (χ1v) is 13.7. The Hall–Kier alpha value is 0.170. The SMILES string of the molecule is CCCCCCCCCCOC(=O)CCCCCCC/C=C\C[C@H](O)CCCCCC.[Na]. The van der Waals surface area contributed by atoms with Crippen molar-refractivity contribution in [3.05, 3.63) is 12.2 Å². The number of aliphatic hydroxyl groups excluding tert-OH is 1. The Morgan fingerprint density at radius 2 is 1.25 bits per heavy atom. The van der Waals surface area contributed by atoms with E-state index >= 15 is 0 Å². The molecular weight excluding hydrogens is 407 g/mol. The molecule has 32 heavy (non-hydrogen) atoms. The topological polar surface area (TPSA) is 46.5 Å². The van der Waals surface area contributed by atoms with Crippen LogP contribution in [-0.4, -0.2) is 53.3 Å². The van der Waals surface area contributed by atoms with Crippen molar-refractivity contribution in [1.29, 1.82) is 0 Å². The number of hydrogen-bond donors (Lipinski definition) is 1. The molecule has 0 saturated carbocycles. The Bertz CT molecular complexity index is 398. The van der Waals surface area contributed by atoms with Gasteiger partial charge in [-0.3, -0.25) is 4.79 Å². The molecule has 0 fully saturated rings. The van der Waals surface area contributed by atoms with Crippen molar-refractivity contribution in [2.24, 2.45) is 0 Å². The van der Waals surface area contributed by atoms with Gasteiger partial charge in [0.05, 0.1) is 12.7 Å². The first-order valence-electron chi connectivity index (χ1n) is 13.7. The summed E-state index contributed by atoms with van der Waals surface area (Å²) in [5, 5.41) is 9.93. The quantitative estimate of drug-likeness (QED) is 0.0680. The molecule has 0 aromatic carbocycles. The van der Waals surface area contributed by atoms with Gasteiger partial charge in [-0.15, -0.1) is 0 Å². The standard InChI is InChI=1S/C28H54O3.Na/c1-3-5-7-9-10-15-18-22-26-31-28(30)25-21-17-14-12-11-13-16-20-24-27(29)23-19-8-6-4-2;/h16,20,27,29H,3-15,17-19,21-26H2,1-2H3;/b20-16-;/t27-;/m1./s1. The van der Waals surface area contributed by atoms with Crippen molar-refractivity contribution in [1.82, 2.24) is 0 Å². The molecule has 0 bridgehead atoms. The zero-order valence-electron chi connectivity index (χ0n) is 22.1. The van der Waals surface area contributed by atoms with Crippen molar-refractivity contribution in [3.63, 3.8) is 0 Å². The molecule has 0 heterocycles. The summed E-state index contributed by atoms with van der Waals surface area (Å²) in [4.78, 5) is 11.8. The number of aliphatic hydroxyl groups is 1. The Morgan fingerprint density at radius 1 is 0.719 bits per heavy atom. The second kappa shape index (κ2) is 29.2. The van der Waals surface area contributed by atoms with Crippen LogP contribution in [0.25, 0.3) is 0 Å². The molecule has 1 N–H and O–H groups in total. The summed E-state index contributed by atoms with van der Waals surface area (Å²) in [6, 6.07) is 0. The second-order valence-electron chi connectivity index (χ2n) is 9.21. The molecule has 0 rings (SSSR count). The van der Waals surface area contributed by atoms with Crippen LogP contribution in [0.15, 0.2) is 12.2 Å². The van der Waals surface area contributed by atoms with E-state index in [1.165, 1.54) is 83.5 Å². The van der Waals surface area contributed by atoms with Gasteiger partial charge in [0.25, 0.3) is 0 Å². The van der Waals surface area contributed by atoms with Gasteiger partial charge in [-0.25, -0.2) is 0 Å². The molecule has 1 atom stereocenters. The predicted molar refractivity (Wildman–Crippen MR) is 140 cm³/mol. The van der Waals surface area contributed by atoms with Gasteiger partial charge in [0.2, 0.25) is 0 Å². The smallest absolute Gasteiger partial charge is 0.305 e. The molecule has 0 aliphatic rings. The number of carbonyl (C=O) groups is 1. The minimum absolute atomic E-state index is 0. The van der Waals surface area contributed by atoms with Gasteiger partial charge in [0.1, 0.15) is 0 Å². The number of unbranched alkanes of at least 4 members (excludes halogenated alkanes) is 15. The van der Waals surface area contributed by atoms with Crippen molar-refractivity contribution in [2.75, 3.05) is 6.61 Å². The summed E-state index contributed by atoms with van der Waals surface area (Å²) in [7, 11) is 0. The first-order chi connectivity index (χ1) is 15.2. The van der Waals surface area contributed by atoms with Crippen LogP contribution < -0.4 is 0 Å². The average Bonchev–Trinajstić information content (AvgIpc) is 2.76. The summed E-state index contributed by atoms with van der Waals surface area (Å²) in [6.07, 6.45) is 28.4. The Balaban J connectivity index is 0. The van der Waals surface area contributed by atoms with E-state index in [1.54, 1.807) is 0 Å². The van der Waals surface area contributed by atoms with Crippen LogP contribution in [0.5, 0.6) is 0 Å². The molecule has 0 unspecified atom stereocenters. The van der Waals surface area contributed by atoms with Gasteiger partial charge in [-0.2, -0.15) is 0 Å². The zero-order chi connectivity index (χ0) is 22.8. The number of ether oxygens (including phenoxy) is 1. The van der Waals surface area contributed by atoms with Crippen molar-refractivity contribution < 1.29 is 14.6 Å². The zero-order valence-corrected chi connectivity index (χ0v) is 24.1. The fourth-order valence-electron chi connectivity index (χ4n) is 3.85. The minimum atomic E-state index is -0.164. The summed E-state index contributed by atoms with van der Waals surface area (Å²) < 4.78 is 5.35. The molecular formula is C28H54NaO3. The van der Waals surface area contributed by atoms with E-state index in [0.717, 1.165) is 44.9 Å². The van der Waals surface area contributed by atoms with E-state index in [2.05, 4.69) is 26.0 Å². The van der Waals surface area contributed by atoms with Crippen LogP contribution >= 0.6 is 0 Å². The number of rotatable bonds is 24. The third kappa shape index (κ3) is 28.2. The third-order valence-corrected chi connectivity index (χ3v) is 5.98. The van der Waals surface area contributed by atoms with Gasteiger partial charge >= 0.3 is 5.97 Å². The van der Waals surface area contributed by atoms with Crippen LogP contribution in [-0.2, 0) is 9.53 Å². The predicted octanol–water partition coefficient (Wildman–Crippen LogP) is 8.30. The molecule has 0 aliphatic heterocycles. The van der Waals surface area contributed by atoms with Crippen LogP contribution in [0.3, 0.4) is 0 Å². The monoisotopic (exact) mass is 461 g/mol. The molecule has 0 spiro atoms. The van der Waals surface area contributed by atoms with E-state index in [4.69, 9.17) is 4.74 Å². The molecule has 4 heteroatoms. The van der Waals surface area contributed by atoms with Gasteiger partial charge in [-0.05, 0) is 38.5 Å². The fourth-order valence-corrected chi connectivity index (χ4v) is 3.85. The summed E-state index contributed by atoms with van der Waals surface area (Å²) in [5.41, 5.74) is 0. The largest absolute Gasteiger partial charge is 0.466 e. The van der Waals surface area contributed by atoms with Crippen LogP contribution in [0.2, 0.25) is 0 Å². The average molecular weight is 462 g/mol. The Labute approximate surface area is 222 Å². The first kappa shape index (κ1) is 34.3. The normalized spacial score (nSPS) is 12.1. The molecule has 3 nitrogen and oxygen atoms in total. The molecule has 0 aromatic heterocycles. The van der Waals surface area contributed by atoms with Crippen molar-refractivity contribution in [3.8, 4) is 0 Å². The van der Waals surface area contributed by atoms with Crippen molar-refractivity contribution >= 4 is 35.5 Å². The third-order valence-electron chi connectivity index (χ3n) is 5.98. The van der Waals surface area contributed by atoms with Gasteiger partial charge in [0, 0.05) is 36.0 Å². The number of carbonyl (C=O) groups excluding carboxylic acids is 1. The maximum atomic E-state index is 11.8. The molecule has 1 radical (unpaired) electrons. The Kier molecular flexibility index (Phi) is 31.3. The fraction of sp³-hybridized carbons (Fsp3) is 0.893. The number of esters is 1. The molecule has 0 amide bonds. The van der Waals surface area contributed by atoms with E-state index in [0.29, 0.717) is 13.0 Å². The van der Waals surface area contributed by atoms with E-state index in [1.807, 2.05) is 0 Å². The van der Waals surface area contributed by atoms with Gasteiger partial charge in [-0.1, -0.05) is 116 Å². The molecule has 0 aromatic rings. The maximum Gasteiger partial charge on any atom is 0.305 e. The molecule has 185 valence electrons. The van der Waals surface area contributed by atoms with E-state index in [-0.39, 0.29) is 41.6 Å². The van der Waals surface area contributed by atoms with Crippen LogP contribution in [0.1, 0.15) is 149 Å². The summed E-state index contributed by atoms with van der Waals surface area (Å²) >= 11 is 0. The minimum Gasteiger partial charge on any atom is -0.466 e.